The van der Waals surface area contributed by atoms with Gasteiger partial charge >= 0.3 is 5.97 Å². The van der Waals surface area contributed by atoms with Crippen LogP contribution in [0.5, 0.6) is 0 Å². The zero-order valence-electron chi connectivity index (χ0n) is 14.5. The molecule has 25 heavy (non-hydrogen) atoms. The number of esters is 1. The van der Waals surface area contributed by atoms with E-state index >= 15 is 0 Å². The number of benzene rings is 1. The fourth-order valence-corrected chi connectivity index (χ4v) is 2.23. The number of nitrogens with zero attached hydrogens (tertiary/aromatic N) is 2. The molecule has 0 atom stereocenters. The number of aromatic nitrogens is 2. The van der Waals surface area contributed by atoms with E-state index in [0.717, 1.165) is 4.68 Å². The molecule has 2 aromatic rings. The summed E-state index contributed by atoms with van der Waals surface area (Å²) in [6.07, 6.45) is 0.268. The molecule has 0 aliphatic heterocycles. The molecule has 0 fully saturated rings. The maximum atomic E-state index is 12.4. The summed E-state index contributed by atoms with van der Waals surface area (Å²) in [6.45, 7) is 5.63. The number of amides is 1. The second-order valence-corrected chi connectivity index (χ2v) is 5.86. The minimum Gasteiger partial charge on any atom is -0.461 e. The number of ether oxygens (including phenoxy) is 1. The molecule has 0 radical (unpaired) electrons. The Morgan fingerprint density at radius 1 is 1.24 bits per heavy atom. The van der Waals surface area contributed by atoms with Crippen molar-refractivity contribution < 1.29 is 14.3 Å². The molecule has 0 aliphatic rings. The van der Waals surface area contributed by atoms with Crippen LogP contribution in [0.3, 0.4) is 0 Å². The zero-order valence-corrected chi connectivity index (χ0v) is 14.5. The second-order valence-electron chi connectivity index (χ2n) is 5.86. The fourth-order valence-electron chi connectivity index (χ4n) is 2.23. The van der Waals surface area contributed by atoms with Gasteiger partial charge in [0.2, 0.25) is 5.91 Å². The number of nitrogens with one attached hydrogen (secondary N) is 1. The van der Waals surface area contributed by atoms with Gasteiger partial charge in [0.1, 0.15) is 0 Å². The summed E-state index contributed by atoms with van der Waals surface area (Å²) in [5.41, 5.74) is 0.000825. The summed E-state index contributed by atoms with van der Waals surface area (Å²) >= 11 is 0. The second kappa shape index (κ2) is 8.23. The monoisotopic (exact) mass is 343 g/mol. The number of hydrogen-bond acceptors (Lipinski definition) is 5. The number of para-hydroxylation sites is 1. The van der Waals surface area contributed by atoms with Crippen LogP contribution in [0.4, 0.5) is 5.69 Å². The average Bonchev–Trinajstić information content (AvgIpc) is 2.55. The Kier molecular flexibility index (Phi) is 6.05. The predicted octanol–water partition coefficient (Wildman–Crippen LogP) is 2.39. The number of carbonyl (C=O) groups is 2. The van der Waals surface area contributed by atoms with E-state index in [0.29, 0.717) is 5.69 Å². The Morgan fingerprint density at radius 2 is 1.92 bits per heavy atom. The van der Waals surface area contributed by atoms with E-state index in [-0.39, 0.29) is 36.2 Å². The van der Waals surface area contributed by atoms with Crippen molar-refractivity contribution in [2.24, 2.45) is 5.92 Å². The Hall–Kier alpha value is -2.96. The van der Waals surface area contributed by atoms with Crippen molar-refractivity contribution in [2.45, 2.75) is 27.2 Å². The predicted molar refractivity (Wildman–Crippen MR) is 93.9 cm³/mol. The highest BCUT2D eigenvalue weighted by Crippen LogP contribution is 2.15. The lowest BCUT2D eigenvalue weighted by Gasteiger charge is -2.13. The van der Waals surface area contributed by atoms with Crippen molar-refractivity contribution >= 4 is 17.6 Å². The van der Waals surface area contributed by atoms with E-state index in [1.54, 1.807) is 37.3 Å². The highest BCUT2D eigenvalue weighted by Gasteiger charge is 2.20. The number of carbonyl (C=O) groups excluding carboxylic acids is 2. The van der Waals surface area contributed by atoms with E-state index in [4.69, 9.17) is 4.74 Å². The lowest BCUT2D eigenvalue weighted by molar-refractivity contribution is -0.116. The van der Waals surface area contributed by atoms with Crippen molar-refractivity contribution in [3.63, 3.8) is 0 Å². The van der Waals surface area contributed by atoms with Gasteiger partial charge in [-0.3, -0.25) is 9.59 Å². The molecule has 0 bridgehead atoms. The van der Waals surface area contributed by atoms with Gasteiger partial charge < -0.3 is 10.1 Å². The molecule has 0 spiro atoms. The van der Waals surface area contributed by atoms with Gasteiger partial charge in [0.25, 0.3) is 5.56 Å². The minimum absolute atomic E-state index is 0.0567. The number of anilines is 1. The summed E-state index contributed by atoms with van der Waals surface area (Å²) in [5.74, 6) is -0.852. The molecule has 1 amide bonds. The molecule has 1 heterocycles. The van der Waals surface area contributed by atoms with Gasteiger partial charge in [-0.15, -0.1) is 0 Å². The van der Waals surface area contributed by atoms with E-state index in [1.807, 2.05) is 13.8 Å². The lowest BCUT2D eigenvalue weighted by Crippen LogP contribution is -2.27. The van der Waals surface area contributed by atoms with Crippen LogP contribution in [0.1, 0.15) is 37.7 Å². The summed E-state index contributed by atoms with van der Waals surface area (Å²) in [4.78, 5) is 36.6. The first kappa shape index (κ1) is 18.4. The van der Waals surface area contributed by atoms with Crippen molar-refractivity contribution in [1.82, 2.24) is 9.78 Å². The first-order valence-electron chi connectivity index (χ1n) is 8.09. The van der Waals surface area contributed by atoms with Crippen molar-refractivity contribution in [2.75, 3.05) is 11.9 Å². The fraction of sp³-hybridized carbons (Fsp3) is 0.333. The van der Waals surface area contributed by atoms with Crippen LogP contribution >= 0.6 is 0 Å². The Balaban J connectivity index is 2.48. The van der Waals surface area contributed by atoms with Crippen LogP contribution < -0.4 is 10.9 Å². The Bertz CT molecular complexity index is 813. The van der Waals surface area contributed by atoms with Crippen LogP contribution in [0, 0.1) is 5.92 Å². The van der Waals surface area contributed by atoms with Crippen LogP contribution in [0.2, 0.25) is 0 Å². The van der Waals surface area contributed by atoms with Gasteiger partial charge in [0.15, 0.2) is 5.69 Å². The molecular weight excluding hydrogens is 322 g/mol. The Labute approximate surface area is 145 Å². The molecule has 1 aromatic heterocycles. The Morgan fingerprint density at radius 3 is 2.52 bits per heavy atom. The maximum Gasteiger partial charge on any atom is 0.360 e. The van der Waals surface area contributed by atoms with Crippen molar-refractivity contribution in [3.05, 3.63) is 52.4 Å². The molecule has 0 saturated carbocycles. The number of hydrogen-bond donors (Lipinski definition) is 1. The largest absolute Gasteiger partial charge is 0.461 e. The third kappa shape index (κ3) is 4.76. The van der Waals surface area contributed by atoms with Gasteiger partial charge in [-0.05, 0) is 25.0 Å². The molecule has 0 unspecified atom stereocenters. The van der Waals surface area contributed by atoms with Gasteiger partial charge in [-0.2, -0.15) is 9.78 Å². The first-order chi connectivity index (χ1) is 11.9. The van der Waals surface area contributed by atoms with Crippen molar-refractivity contribution in [3.8, 4) is 5.69 Å². The molecule has 7 nitrogen and oxygen atoms in total. The third-order valence-electron chi connectivity index (χ3n) is 3.27. The molecule has 132 valence electrons. The van der Waals surface area contributed by atoms with Crippen molar-refractivity contribution in [1.29, 1.82) is 0 Å². The molecular formula is C18H21N3O4. The molecule has 0 aliphatic carbocycles. The van der Waals surface area contributed by atoms with Crippen LogP contribution in [0.25, 0.3) is 5.69 Å². The molecule has 1 N–H and O–H groups in total. The highest BCUT2D eigenvalue weighted by molar-refractivity contribution is 5.99. The van der Waals surface area contributed by atoms with Crippen LogP contribution in [-0.4, -0.2) is 28.3 Å². The van der Waals surface area contributed by atoms with E-state index < -0.39 is 11.5 Å². The summed E-state index contributed by atoms with van der Waals surface area (Å²) in [5, 5.41) is 6.69. The normalized spacial score (nSPS) is 10.6. The average molecular weight is 343 g/mol. The number of rotatable bonds is 6. The smallest absolute Gasteiger partial charge is 0.360 e. The minimum atomic E-state index is -0.702. The highest BCUT2D eigenvalue weighted by atomic mass is 16.5. The lowest BCUT2D eigenvalue weighted by atomic mass is 10.1. The quantitative estimate of drug-likeness (QED) is 0.813. The van der Waals surface area contributed by atoms with Gasteiger partial charge in [-0.25, -0.2) is 4.79 Å². The van der Waals surface area contributed by atoms with E-state index in [9.17, 15) is 14.4 Å². The van der Waals surface area contributed by atoms with E-state index in [2.05, 4.69) is 10.4 Å². The zero-order chi connectivity index (χ0) is 18.4. The molecule has 2 rings (SSSR count). The van der Waals surface area contributed by atoms with Crippen LogP contribution in [-0.2, 0) is 9.53 Å². The standard InChI is InChI=1S/C18H21N3O4/c1-4-25-18(24)17-14(19-15(22)10-12(2)3)11-16(23)21(20-17)13-8-6-5-7-9-13/h5-9,11-12H,4,10H2,1-3H3,(H,19,22). The first-order valence-corrected chi connectivity index (χ1v) is 8.09. The topological polar surface area (TPSA) is 90.3 Å². The molecule has 1 aromatic carbocycles. The molecule has 0 saturated heterocycles. The SMILES string of the molecule is CCOC(=O)c1nn(-c2ccccc2)c(=O)cc1NC(=O)CC(C)C. The van der Waals surface area contributed by atoms with Gasteiger partial charge in [-0.1, -0.05) is 32.0 Å². The maximum absolute atomic E-state index is 12.4. The van der Waals surface area contributed by atoms with Gasteiger partial charge in [0, 0.05) is 12.5 Å². The van der Waals surface area contributed by atoms with E-state index in [1.165, 1.54) is 6.07 Å². The molecule has 7 heteroatoms. The van der Waals surface area contributed by atoms with Crippen LogP contribution in [0.15, 0.2) is 41.2 Å². The van der Waals surface area contributed by atoms with Gasteiger partial charge in [0.05, 0.1) is 18.0 Å². The third-order valence-corrected chi connectivity index (χ3v) is 3.27. The summed E-state index contributed by atoms with van der Waals surface area (Å²) < 4.78 is 6.10. The summed E-state index contributed by atoms with van der Waals surface area (Å²) in [7, 11) is 0. The summed E-state index contributed by atoms with van der Waals surface area (Å²) in [6, 6.07) is 9.89.